The van der Waals surface area contributed by atoms with E-state index in [0.29, 0.717) is 16.6 Å². The molecule has 9 nitrogen and oxygen atoms in total. The van der Waals surface area contributed by atoms with Crippen LogP contribution in [0, 0.1) is 6.92 Å². The number of carboxylic acid groups (broad SMARTS) is 1. The van der Waals surface area contributed by atoms with Gasteiger partial charge >= 0.3 is 5.97 Å². The van der Waals surface area contributed by atoms with Crippen molar-refractivity contribution in [3.05, 3.63) is 59.8 Å². The smallest absolute Gasteiger partial charge is 0.335 e. The van der Waals surface area contributed by atoms with Crippen molar-refractivity contribution in [2.24, 2.45) is 0 Å². The molecule has 30 heavy (non-hydrogen) atoms. The van der Waals surface area contributed by atoms with Gasteiger partial charge in [-0.15, -0.1) is 0 Å². The first kappa shape index (κ1) is 19.9. The lowest BCUT2D eigenvalue weighted by Gasteiger charge is -2.09. The molecule has 2 aromatic carbocycles. The van der Waals surface area contributed by atoms with E-state index in [9.17, 15) is 13.2 Å². The second kappa shape index (κ2) is 7.43. The third-order valence-corrected chi connectivity index (χ3v) is 6.61. The van der Waals surface area contributed by atoms with Gasteiger partial charge in [0.15, 0.2) is 0 Å². The van der Waals surface area contributed by atoms with E-state index in [1.165, 1.54) is 40.3 Å². The summed E-state index contributed by atoms with van der Waals surface area (Å²) in [5, 5.41) is 13.8. The van der Waals surface area contributed by atoms with Gasteiger partial charge in [-0.25, -0.2) is 18.2 Å². The minimum Gasteiger partial charge on any atom is -0.497 e. The van der Waals surface area contributed by atoms with Crippen LogP contribution < -0.4 is 9.46 Å². The number of thiazole rings is 1. The molecule has 0 amide bonds. The summed E-state index contributed by atoms with van der Waals surface area (Å²) in [5.41, 5.74) is 1.34. The molecule has 4 aromatic rings. The van der Waals surface area contributed by atoms with Gasteiger partial charge in [0.05, 0.1) is 33.5 Å². The highest BCUT2D eigenvalue weighted by atomic mass is 32.2. The SMILES string of the molecule is COc1ccc2nc(-n3nc(C)cc3NS(=O)(=O)c3ccc(C(=O)O)cc3)sc2c1. The number of anilines is 1. The summed E-state index contributed by atoms with van der Waals surface area (Å²) in [5.74, 6) is -0.214. The van der Waals surface area contributed by atoms with Gasteiger partial charge in [-0.1, -0.05) is 11.3 Å². The fraction of sp³-hybridized carbons (Fsp3) is 0.105. The van der Waals surface area contributed by atoms with E-state index < -0.39 is 16.0 Å². The van der Waals surface area contributed by atoms with Crippen molar-refractivity contribution in [1.29, 1.82) is 0 Å². The zero-order valence-corrected chi connectivity index (χ0v) is 17.5. The molecule has 11 heteroatoms. The number of ether oxygens (including phenoxy) is 1. The van der Waals surface area contributed by atoms with Gasteiger partial charge in [-0.3, -0.25) is 4.72 Å². The van der Waals surface area contributed by atoms with Gasteiger partial charge in [-0.2, -0.15) is 9.78 Å². The Balaban J connectivity index is 1.70. The number of methoxy groups -OCH3 is 1. The first-order valence-electron chi connectivity index (χ1n) is 8.64. The second-order valence-electron chi connectivity index (χ2n) is 6.35. The molecule has 0 saturated carbocycles. The van der Waals surface area contributed by atoms with Crippen LogP contribution in [-0.4, -0.2) is 41.4 Å². The van der Waals surface area contributed by atoms with Crippen molar-refractivity contribution < 1.29 is 23.1 Å². The Hall–Kier alpha value is -3.44. The average molecular weight is 444 g/mol. The number of aryl methyl sites for hydroxylation is 1. The van der Waals surface area contributed by atoms with Gasteiger partial charge in [-0.05, 0) is 49.4 Å². The molecule has 0 fully saturated rings. The molecule has 2 N–H and O–H groups in total. The number of hydrogen-bond donors (Lipinski definition) is 2. The molecule has 154 valence electrons. The summed E-state index contributed by atoms with van der Waals surface area (Å²) < 4.78 is 35.6. The maximum absolute atomic E-state index is 12.8. The number of carboxylic acids is 1. The van der Waals surface area contributed by atoms with E-state index in [-0.39, 0.29) is 16.3 Å². The molecule has 2 aromatic heterocycles. The predicted molar refractivity (Wildman–Crippen MR) is 112 cm³/mol. The first-order chi connectivity index (χ1) is 14.3. The van der Waals surface area contributed by atoms with Crippen LogP contribution >= 0.6 is 11.3 Å². The molecule has 4 rings (SSSR count). The van der Waals surface area contributed by atoms with E-state index in [2.05, 4.69) is 14.8 Å². The monoisotopic (exact) mass is 444 g/mol. The van der Waals surface area contributed by atoms with Crippen LogP contribution in [0.1, 0.15) is 16.1 Å². The van der Waals surface area contributed by atoms with Crippen LogP contribution in [0.3, 0.4) is 0 Å². The van der Waals surface area contributed by atoms with Crippen LogP contribution in [-0.2, 0) is 10.0 Å². The average Bonchev–Trinajstić information content (AvgIpc) is 3.29. The Bertz CT molecular complexity index is 1360. The van der Waals surface area contributed by atoms with Crippen LogP contribution in [0.2, 0.25) is 0 Å². The molecule has 0 spiro atoms. The predicted octanol–water partition coefficient (Wildman–Crippen LogP) is 3.30. The Kier molecular flexibility index (Phi) is 4.92. The van der Waals surface area contributed by atoms with Crippen LogP contribution in [0.4, 0.5) is 5.82 Å². The number of aromatic carboxylic acids is 1. The minimum absolute atomic E-state index is 0.000241. The standard InChI is InChI=1S/C19H16N4O5S2/c1-11-9-17(22-30(26,27)14-6-3-12(4-7-14)18(24)25)23(21-11)19-20-15-8-5-13(28-2)10-16(15)29-19/h3-10,22H,1-2H3,(H,24,25). The zero-order chi connectivity index (χ0) is 21.5. The summed E-state index contributed by atoms with van der Waals surface area (Å²) >= 11 is 1.34. The zero-order valence-electron chi connectivity index (χ0n) is 15.9. The molecule has 0 bridgehead atoms. The highest BCUT2D eigenvalue weighted by Gasteiger charge is 2.20. The van der Waals surface area contributed by atoms with E-state index in [4.69, 9.17) is 9.84 Å². The second-order valence-corrected chi connectivity index (χ2v) is 9.04. The third-order valence-electron chi connectivity index (χ3n) is 4.25. The lowest BCUT2D eigenvalue weighted by Crippen LogP contribution is -2.16. The van der Waals surface area contributed by atoms with Crippen LogP contribution in [0.25, 0.3) is 15.3 Å². The topological polar surface area (TPSA) is 123 Å². The van der Waals surface area contributed by atoms with Crippen molar-refractivity contribution in [2.45, 2.75) is 11.8 Å². The van der Waals surface area contributed by atoms with Crippen molar-refractivity contribution in [2.75, 3.05) is 11.8 Å². The normalized spacial score (nSPS) is 11.5. The number of nitrogens with one attached hydrogen (secondary N) is 1. The molecule has 0 aliphatic heterocycles. The molecule has 0 radical (unpaired) electrons. The van der Waals surface area contributed by atoms with Crippen LogP contribution in [0.5, 0.6) is 5.75 Å². The summed E-state index contributed by atoms with van der Waals surface area (Å²) in [6.45, 7) is 1.74. The summed E-state index contributed by atoms with van der Waals surface area (Å²) in [6.07, 6.45) is 0. The quantitative estimate of drug-likeness (QED) is 0.468. The molecular formula is C19H16N4O5S2. The minimum atomic E-state index is -3.96. The first-order valence-corrected chi connectivity index (χ1v) is 10.9. The lowest BCUT2D eigenvalue weighted by atomic mass is 10.2. The number of aromatic nitrogens is 3. The highest BCUT2D eigenvalue weighted by molar-refractivity contribution is 7.92. The summed E-state index contributed by atoms with van der Waals surface area (Å²) in [7, 11) is -2.38. The lowest BCUT2D eigenvalue weighted by molar-refractivity contribution is 0.0696. The number of nitrogens with zero attached hydrogens (tertiary/aromatic N) is 3. The molecule has 0 saturated heterocycles. The fourth-order valence-corrected chi connectivity index (χ4v) is 4.79. The number of fused-ring (bicyclic) bond motifs is 1. The number of hydrogen-bond acceptors (Lipinski definition) is 7. The van der Waals surface area contributed by atoms with Crippen molar-refractivity contribution in [3.63, 3.8) is 0 Å². The maximum Gasteiger partial charge on any atom is 0.335 e. The van der Waals surface area contributed by atoms with Gasteiger partial charge in [0, 0.05) is 6.07 Å². The fourth-order valence-electron chi connectivity index (χ4n) is 2.80. The summed E-state index contributed by atoms with van der Waals surface area (Å²) in [6, 6.07) is 12.0. The molecule has 0 aliphatic carbocycles. The Morgan fingerprint density at radius 1 is 1.17 bits per heavy atom. The summed E-state index contributed by atoms with van der Waals surface area (Å²) in [4.78, 5) is 15.4. The highest BCUT2D eigenvalue weighted by Crippen LogP contribution is 2.30. The Morgan fingerprint density at radius 2 is 1.90 bits per heavy atom. The molecule has 0 aliphatic rings. The third kappa shape index (κ3) is 3.72. The van der Waals surface area contributed by atoms with Crippen molar-refractivity contribution in [3.8, 4) is 10.9 Å². The van der Waals surface area contributed by atoms with Crippen molar-refractivity contribution in [1.82, 2.24) is 14.8 Å². The van der Waals surface area contributed by atoms with Crippen LogP contribution in [0.15, 0.2) is 53.4 Å². The van der Waals surface area contributed by atoms with E-state index in [1.54, 1.807) is 26.2 Å². The van der Waals surface area contributed by atoms with Gasteiger partial charge in [0.25, 0.3) is 10.0 Å². The molecule has 0 unspecified atom stereocenters. The van der Waals surface area contributed by atoms with E-state index in [1.807, 2.05) is 12.1 Å². The maximum atomic E-state index is 12.8. The number of rotatable bonds is 6. The number of carbonyl (C=O) groups is 1. The largest absolute Gasteiger partial charge is 0.497 e. The Morgan fingerprint density at radius 3 is 2.57 bits per heavy atom. The van der Waals surface area contributed by atoms with Gasteiger partial charge in [0.1, 0.15) is 11.6 Å². The Labute approximate surface area is 175 Å². The van der Waals surface area contributed by atoms with E-state index in [0.717, 1.165) is 10.2 Å². The molecule has 2 heterocycles. The number of sulfonamides is 1. The van der Waals surface area contributed by atoms with Crippen molar-refractivity contribution >= 4 is 43.4 Å². The molecule has 0 atom stereocenters. The van der Waals surface area contributed by atoms with Gasteiger partial charge in [0.2, 0.25) is 5.13 Å². The molecular weight excluding hydrogens is 428 g/mol. The number of benzene rings is 2. The van der Waals surface area contributed by atoms with E-state index >= 15 is 0 Å². The van der Waals surface area contributed by atoms with Gasteiger partial charge < -0.3 is 9.84 Å².